The molecule has 0 spiro atoms. The van der Waals surface area contributed by atoms with Crippen LogP contribution in [0.3, 0.4) is 0 Å². The Morgan fingerprint density at radius 3 is 2.81 bits per heavy atom. The third-order valence-corrected chi connectivity index (χ3v) is 3.59. The van der Waals surface area contributed by atoms with Crippen molar-refractivity contribution in [3.05, 3.63) is 28.2 Å². The highest BCUT2D eigenvalue weighted by molar-refractivity contribution is 9.10. The van der Waals surface area contributed by atoms with Gasteiger partial charge in [0.25, 0.3) is 0 Å². The number of amides is 1. The molecule has 0 aliphatic carbocycles. The molecule has 0 atom stereocenters. The van der Waals surface area contributed by atoms with E-state index in [1.165, 1.54) is 19.3 Å². The molecule has 0 aliphatic heterocycles. The van der Waals surface area contributed by atoms with Gasteiger partial charge < -0.3 is 4.74 Å². The van der Waals surface area contributed by atoms with Crippen molar-refractivity contribution in [2.45, 2.75) is 45.4 Å². The minimum absolute atomic E-state index is 0.0447. The van der Waals surface area contributed by atoms with Gasteiger partial charge in [-0.05, 0) is 24.6 Å². The summed E-state index contributed by atoms with van der Waals surface area (Å²) in [4.78, 5) is 11.6. The molecule has 0 aromatic heterocycles. The van der Waals surface area contributed by atoms with Crippen molar-refractivity contribution in [1.29, 1.82) is 0 Å². The number of benzene rings is 1. The highest BCUT2D eigenvalue weighted by Gasteiger charge is 2.02. The van der Waals surface area contributed by atoms with Crippen molar-refractivity contribution < 1.29 is 9.53 Å². The summed E-state index contributed by atoms with van der Waals surface area (Å²) in [6.07, 6.45) is 7.79. The zero-order valence-electron chi connectivity index (χ0n) is 12.7. The van der Waals surface area contributed by atoms with E-state index in [0.29, 0.717) is 6.42 Å². The molecule has 21 heavy (non-hydrogen) atoms. The summed E-state index contributed by atoms with van der Waals surface area (Å²) in [7, 11) is 1.61. The fraction of sp³-hybridized carbons (Fsp3) is 0.500. The smallest absolute Gasteiger partial charge is 0.240 e. The van der Waals surface area contributed by atoms with Crippen LogP contribution in [-0.4, -0.2) is 19.2 Å². The molecule has 1 rings (SSSR count). The van der Waals surface area contributed by atoms with Gasteiger partial charge in [-0.15, -0.1) is 0 Å². The van der Waals surface area contributed by atoms with E-state index in [0.717, 1.165) is 28.6 Å². The number of methoxy groups -OCH3 is 1. The average molecular weight is 355 g/mol. The molecule has 0 heterocycles. The molecule has 4 nitrogen and oxygen atoms in total. The van der Waals surface area contributed by atoms with Gasteiger partial charge in [-0.25, -0.2) is 5.43 Å². The van der Waals surface area contributed by atoms with Crippen LogP contribution in [0.4, 0.5) is 0 Å². The summed E-state index contributed by atoms with van der Waals surface area (Å²) in [6, 6.07) is 5.63. The van der Waals surface area contributed by atoms with Crippen molar-refractivity contribution in [3.63, 3.8) is 0 Å². The van der Waals surface area contributed by atoms with Crippen LogP contribution in [0, 0.1) is 0 Å². The molecule has 116 valence electrons. The van der Waals surface area contributed by atoms with Crippen LogP contribution < -0.4 is 10.2 Å². The maximum absolute atomic E-state index is 11.6. The van der Waals surface area contributed by atoms with E-state index >= 15 is 0 Å². The number of carbonyl (C=O) groups is 1. The lowest BCUT2D eigenvalue weighted by Gasteiger charge is -2.04. The predicted molar refractivity (Wildman–Crippen MR) is 89.8 cm³/mol. The molecule has 1 amide bonds. The number of hydrazone groups is 1. The molecule has 1 aromatic carbocycles. The number of hydrogen-bond donors (Lipinski definition) is 1. The Balaban J connectivity index is 2.37. The second-order valence-corrected chi connectivity index (χ2v) is 5.76. The van der Waals surface area contributed by atoms with E-state index in [1.807, 2.05) is 18.2 Å². The van der Waals surface area contributed by atoms with Gasteiger partial charge in [0.05, 0.1) is 13.3 Å². The van der Waals surface area contributed by atoms with Crippen LogP contribution in [0.1, 0.15) is 51.0 Å². The molecule has 0 saturated heterocycles. The third-order valence-electron chi connectivity index (χ3n) is 3.09. The molecule has 0 fully saturated rings. The van der Waals surface area contributed by atoms with Gasteiger partial charge in [-0.3, -0.25) is 4.79 Å². The zero-order valence-corrected chi connectivity index (χ0v) is 14.3. The van der Waals surface area contributed by atoms with E-state index < -0.39 is 0 Å². The van der Waals surface area contributed by atoms with Gasteiger partial charge in [0.2, 0.25) is 5.91 Å². The minimum Gasteiger partial charge on any atom is -0.496 e. The summed E-state index contributed by atoms with van der Waals surface area (Å²) >= 11 is 3.40. The number of ether oxygens (including phenoxy) is 1. The molecular weight excluding hydrogens is 332 g/mol. The van der Waals surface area contributed by atoms with Gasteiger partial charge in [-0.1, -0.05) is 48.5 Å². The summed E-state index contributed by atoms with van der Waals surface area (Å²) in [5.74, 6) is 0.674. The number of carbonyl (C=O) groups excluding carboxylic acids is 1. The molecular formula is C16H23BrN2O2. The number of nitrogens with one attached hydrogen (secondary N) is 1. The van der Waals surface area contributed by atoms with Gasteiger partial charge in [0.15, 0.2) is 0 Å². The standard InChI is InChI=1S/C16H23BrN2O2/c1-3-4-5-6-7-8-16(20)19-18-12-13-11-14(17)9-10-15(13)21-2/h9-12H,3-8H2,1-2H3,(H,19,20)/b18-12+. The summed E-state index contributed by atoms with van der Waals surface area (Å²) in [5, 5.41) is 3.98. The molecule has 1 aromatic rings. The molecule has 0 saturated carbocycles. The fourth-order valence-electron chi connectivity index (χ4n) is 1.92. The maximum Gasteiger partial charge on any atom is 0.240 e. The van der Waals surface area contributed by atoms with E-state index in [4.69, 9.17) is 4.74 Å². The van der Waals surface area contributed by atoms with Crippen molar-refractivity contribution >= 4 is 28.1 Å². The van der Waals surface area contributed by atoms with Gasteiger partial charge in [-0.2, -0.15) is 5.10 Å². The summed E-state index contributed by atoms with van der Waals surface area (Å²) < 4.78 is 6.17. The lowest BCUT2D eigenvalue weighted by atomic mass is 10.1. The van der Waals surface area contributed by atoms with E-state index in [2.05, 4.69) is 33.4 Å². The van der Waals surface area contributed by atoms with E-state index in [-0.39, 0.29) is 5.91 Å². The van der Waals surface area contributed by atoms with Crippen molar-refractivity contribution in [3.8, 4) is 5.75 Å². The van der Waals surface area contributed by atoms with Gasteiger partial charge in [0, 0.05) is 16.5 Å². The quantitative estimate of drug-likeness (QED) is 0.409. The Kier molecular flexibility index (Phi) is 8.74. The number of nitrogens with zero attached hydrogens (tertiary/aromatic N) is 1. The summed E-state index contributed by atoms with van der Waals surface area (Å²) in [6.45, 7) is 2.18. The molecule has 5 heteroatoms. The molecule has 0 unspecified atom stereocenters. The van der Waals surface area contributed by atoms with Crippen molar-refractivity contribution in [1.82, 2.24) is 5.43 Å². The Morgan fingerprint density at radius 2 is 2.10 bits per heavy atom. The van der Waals surface area contributed by atoms with Crippen LogP contribution in [-0.2, 0) is 4.79 Å². The number of hydrogen-bond acceptors (Lipinski definition) is 3. The fourth-order valence-corrected chi connectivity index (χ4v) is 2.30. The van der Waals surface area contributed by atoms with Crippen molar-refractivity contribution in [2.24, 2.45) is 5.10 Å². The highest BCUT2D eigenvalue weighted by atomic mass is 79.9. The topological polar surface area (TPSA) is 50.7 Å². The molecule has 0 bridgehead atoms. The monoisotopic (exact) mass is 354 g/mol. The van der Waals surface area contributed by atoms with Crippen LogP contribution >= 0.6 is 15.9 Å². The third kappa shape index (κ3) is 7.27. The number of unbranched alkanes of at least 4 members (excludes halogenated alkanes) is 4. The first-order valence-corrected chi connectivity index (χ1v) is 8.12. The Morgan fingerprint density at radius 1 is 1.33 bits per heavy atom. The largest absolute Gasteiger partial charge is 0.496 e. The average Bonchev–Trinajstić information content (AvgIpc) is 2.47. The minimum atomic E-state index is -0.0447. The van der Waals surface area contributed by atoms with Crippen LogP contribution in [0.15, 0.2) is 27.8 Å². The molecule has 0 radical (unpaired) electrons. The summed E-state index contributed by atoms with van der Waals surface area (Å²) in [5.41, 5.74) is 3.37. The lowest BCUT2D eigenvalue weighted by Crippen LogP contribution is -2.16. The second kappa shape index (κ2) is 10.4. The zero-order chi connectivity index (χ0) is 15.5. The number of halogens is 1. The van der Waals surface area contributed by atoms with Crippen LogP contribution in [0.5, 0.6) is 5.75 Å². The first kappa shape index (κ1) is 17.7. The Bertz CT molecular complexity index is 475. The highest BCUT2D eigenvalue weighted by Crippen LogP contribution is 2.21. The second-order valence-electron chi connectivity index (χ2n) is 4.84. The first-order valence-electron chi connectivity index (χ1n) is 7.32. The van der Waals surface area contributed by atoms with E-state index in [1.54, 1.807) is 13.3 Å². The molecule has 1 N–H and O–H groups in total. The van der Waals surface area contributed by atoms with E-state index in [9.17, 15) is 4.79 Å². The Labute approximate surface area is 135 Å². The van der Waals surface area contributed by atoms with Crippen LogP contribution in [0.25, 0.3) is 0 Å². The predicted octanol–water partition coefficient (Wildman–Crippen LogP) is 4.27. The maximum atomic E-state index is 11.6. The molecule has 0 aliphatic rings. The van der Waals surface area contributed by atoms with Crippen LogP contribution in [0.2, 0.25) is 0 Å². The SMILES string of the molecule is CCCCCCCC(=O)N/N=C/c1cc(Br)ccc1OC. The normalized spacial score (nSPS) is 10.8. The lowest BCUT2D eigenvalue weighted by molar-refractivity contribution is -0.121. The van der Waals surface area contributed by atoms with Gasteiger partial charge in [0.1, 0.15) is 5.75 Å². The first-order chi connectivity index (χ1) is 10.2. The van der Waals surface area contributed by atoms with Gasteiger partial charge >= 0.3 is 0 Å². The Hall–Kier alpha value is -1.36. The number of rotatable bonds is 9. The van der Waals surface area contributed by atoms with Crippen molar-refractivity contribution in [2.75, 3.05) is 7.11 Å².